The normalized spacial score (nSPS) is 21.5. The highest BCUT2D eigenvalue weighted by atomic mass is 16.1. The quantitative estimate of drug-likeness (QED) is 0.838. The number of hydrogen-bond donors (Lipinski definition) is 1. The van der Waals surface area contributed by atoms with Crippen LogP contribution in [-0.4, -0.2) is 51.2 Å². The smallest absolute Gasteiger partial charge is 0.266 e. The van der Waals surface area contributed by atoms with Gasteiger partial charge in [0.25, 0.3) is 5.56 Å². The van der Waals surface area contributed by atoms with Crippen LogP contribution in [0.2, 0.25) is 0 Å². The first kappa shape index (κ1) is 19.8. The fourth-order valence-electron chi connectivity index (χ4n) is 4.35. The summed E-state index contributed by atoms with van der Waals surface area (Å²) < 4.78 is 1.61. The van der Waals surface area contributed by atoms with Crippen LogP contribution in [0.1, 0.15) is 38.5 Å². The van der Waals surface area contributed by atoms with Gasteiger partial charge in [-0.2, -0.15) is 5.10 Å². The molecule has 1 amide bonds. The van der Waals surface area contributed by atoms with E-state index in [1.165, 1.54) is 0 Å². The molecule has 0 radical (unpaired) electrons. The molecule has 1 atom stereocenters. The van der Waals surface area contributed by atoms with E-state index in [9.17, 15) is 9.59 Å². The fourth-order valence-corrected chi connectivity index (χ4v) is 4.35. The number of hydrogen-bond acceptors (Lipinski definition) is 5. The zero-order valence-corrected chi connectivity index (χ0v) is 16.8. The number of nitrogens with one attached hydrogen (secondary N) is 1. The summed E-state index contributed by atoms with van der Waals surface area (Å²) in [6.45, 7) is 3.62. The molecule has 0 saturated carbocycles. The third kappa shape index (κ3) is 5.29. The van der Waals surface area contributed by atoms with Crippen molar-refractivity contribution in [1.29, 1.82) is 0 Å². The van der Waals surface area contributed by atoms with Crippen LogP contribution in [0.4, 0.5) is 0 Å². The highest BCUT2D eigenvalue weighted by Gasteiger charge is 2.24. The number of piperidine rings is 1. The molecule has 0 aromatic carbocycles. The van der Waals surface area contributed by atoms with E-state index < -0.39 is 0 Å². The van der Waals surface area contributed by atoms with Crippen molar-refractivity contribution in [2.75, 3.05) is 19.6 Å². The molecule has 2 aliphatic rings. The summed E-state index contributed by atoms with van der Waals surface area (Å²) in [6, 6.07) is 7.47. The Labute approximate surface area is 171 Å². The van der Waals surface area contributed by atoms with Crippen molar-refractivity contribution >= 4 is 5.91 Å². The Kier molecular flexibility index (Phi) is 6.34. The molecule has 29 heavy (non-hydrogen) atoms. The molecule has 0 aliphatic carbocycles. The molecule has 1 unspecified atom stereocenters. The second-order valence-corrected chi connectivity index (χ2v) is 8.23. The predicted molar refractivity (Wildman–Crippen MR) is 111 cm³/mol. The van der Waals surface area contributed by atoms with Gasteiger partial charge < -0.3 is 10.2 Å². The van der Waals surface area contributed by atoms with Crippen molar-refractivity contribution in [1.82, 2.24) is 25.0 Å². The molecule has 2 aromatic rings. The van der Waals surface area contributed by atoms with Gasteiger partial charge in [-0.1, -0.05) is 6.42 Å². The monoisotopic (exact) mass is 395 g/mol. The molecule has 2 fully saturated rings. The second kappa shape index (κ2) is 9.31. The van der Waals surface area contributed by atoms with Crippen LogP contribution in [0.15, 0.2) is 41.5 Å². The number of rotatable bonds is 5. The summed E-state index contributed by atoms with van der Waals surface area (Å²) in [4.78, 5) is 30.6. The molecular weight excluding hydrogens is 366 g/mol. The average molecular weight is 396 g/mol. The zero-order chi connectivity index (χ0) is 20.1. The van der Waals surface area contributed by atoms with Gasteiger partial charge in [0.15, 0.2) is 0 Å². The van der Waals surface area contributed by atoms with E-state index in [1.807, 2.05) is 12.1 Å². The van der Waals surface area contributed by atoms with Crippen molar-refractivity contribution in [3.8, 4) is 11.3 Å². The van der Waals surface area contributed by atoms with Crippen LogP contribution in [-0.2, 0) is 11.3 Å². The number of pyridine rings is 1. The Morgan fingerprint density at radius 1 is 0.966 bits per heavy atom. The fraction of sp³-hybridized carbons (Fsp3) is 0.545. The molecule has 2 saturated heterocycles. The van der Waals surface area contributed by atoms with Crippen molar-refractivity contribution in [3.63, 3.8) is 0 Å². The van der Waals surface area contributed by atoms with E-state index in [0.29, 0.717) is 18.9 Å². The zero-order valence-electron chi connectivity index (χ0n) is 16.8. The molecular formula is C22H29N5O2. The Bertz CT molecular complexity index is 874. The van der Waals surface area contributed by atoms with Crippen molar-refractivity contribution in [2.24, 2.45) is 5.92 Å². The standard InChI is InChI=1S/C22H29N5O2/c28-21-4-2-1-3-19(24-21)16-26-13-9-17(10-14-26)15-27-22(29)6-5-20(25-27)18-7-11-23-12-8-18/h5-8,11-12,17,19H,1-4,9-10,13-16H2,(H,24,28). The molecule has 7 nitrogen and oxygen atoms in total. The number of carbonyl (C=O) groups excluding carboxylic acids is 1. The Hall–Kier alpha value is -2.54. The van der Waals surface area contributed by atoms with Crippen LogP contribution >= 0.6 is 0 Å². The topological polar surface area (TPSA) is 80.1 Å². The SMILES string of the molecule is O=C1CCCCC(CN2CCC(Cn3nc(-c4ccncc4)ccc3=O)CC2)N1. The van der Waals surface area contributed by atoms with Crippen molar-refractivity contribution in [2.45, 2.75) is 51.1 Å². The van der Waals surface area contributed by atoms with Crippen LogP contribution in [0, 0.1) is 5.92 Å². The highest BCUT2D eigenvalue weighted by Crippen LogP contribution is 2.20. The molecule has 4 heterocycles. The van der Waals surface area contributed by atoms with Gasteiger partial charge in [0.05, 0.1) is 5.69 Å². The Morgan fingerprint density at radius 3 is 2.55 bits per heavy atom. The van der Waals surface area contributed by atoms with Gasteiger partial charge in [0.2, 0.25) is 5.91 Å². The van der Waals surface area contributed by atoms with Crippen LogP contribution < -0.4 is 10.9 Å². The number of carbonyl (C=O) groups is 1. The predicted octanol–water partition coefficient (Wildman–Crippen LogP) is 2.08. The van der Waals surface area contributed by atoms with Gasteiger partial charge in [-0.25, -0.2) is 4.68 Å². The summed E-state index contributed by atoms with van der Waals surface area (Å²) in [5.41, 5.74) is 1.72. The molecule has 1 N–H and O–H groups in total. The largest absolute Gasteiger partial charge is 0.352 e. The highest BCUT2D eigenvalue weighted by molar-refractivity contribution is 5.76. The lowest BCUT2D eigenvalue weighted by Gasteiger charge is -2.34. The van der Waals surface area contributed by atoms with Crippen LogP contribution in [0.5, 0.6) is 0 Å². The molecule has 0 spiro atoms. The maximum absolute atomic E-state index is 12.3. The summed E-state index contributed by atoms with van der Waals surface area (Å²) in [5, 5.41) is 7.75. The summed E-state index contributed by atoms with van der Waals surface area (Å²) in [7, 11) is 0. The third-order valence-corrected chi connectivity index (χ3v) is 6.03. The van der Waals surface area contributed by atoms with E-state index >= 15 is 0 Å². The van der Waals surface area contributed by atoms with Gasteiger partial charge in [0, 0.05) is 49.6 Å². The third-order valence-electron chi connectivity index (χ3n) is 6.03. The first-order valence-electron chi connectivity index (χ1n) is 10.7. The lowest BCUT2D eigenvalue weighted by atomic mass is 9.96. The van der Waals surface area contributed by atoms with E-state index in [4.69, 9.17) is 0 Å². The maximum atomic E-state index is 12.3. The van der Waals surface area contributed by atoms with Crippen molar-refractivity contribution < 1.29 is 4.79 Å². The van der Waals surface area contributed by atoms with Gasteiger partial charge >= 0.3 is 0 Å². The molecule has 154 valence electrons. The second-order valence-electron chi connectivity index (χ2n) is 8.23. The van der Waals surface area contributed by atoms with Gasteiger partial charge in [-0.3, -0.25) is 14.6 Å². The Morgan fingerprint density at radius 2 is 1.76 bits per heavy atom. The number of nitrogens with zero attached hydrogens (tertiary/aromatic N) is 4. The number of likely N-dealkylation sites (tertiary alicyclic amines) is 1. The summed E-state index contributed by atoms with van der Waals surface area (Å²) in [6.07, 6.45) is 9.44. The van der Waals surface area contributed by atoms with E-state index in [1.54, 1.807) is 29.2 Å². The van der Waals surface area contributed by atoms with E-state index in [0.717, 1.165) is 63.0 Å². The van der Waals surface area contributed by atoms with Crippen LogP contribution in [0.25, 0.3) is 11.3 Å². The number of amides is 1. The minimum atomic E-state index is -0.0496. The summed E-state index contributed by atoms with van der Waals surface area (Å²) in [5.74, 6) is 0.648. The van der Waals surface area contributed by atoms with E-state index in [2.05, 4.69) is 20.3 Å². The lowest BCUT2D eigenvalue weighted by Crippen LogP contribution is -2.46. The minimum absolute atomic E-state index is 0.0496. The van der Waals surface area contributed by atoms with Gasteiger partial charge in [-0.15, -0.1) is 0 Å². The number of aromatic nitrogens is 3. The first-order chi connectivity index (χ1) is 14.2. The maximum Gasteiger partial charge on any atom is 0.266 e. The summed E-state index contributed by atoms with van der Waals surface area (Å²) >= 11 is 0. The van der Waals surface area contributed by atoms with Crippen LogP contribution in [0.3, 0.4) is 0 Å². The minimum Gasteiger partial charge on any atom is -0.352 e. The van der Waals surface area contributed by atoms with Gasteiger partial charge in [0.1, 0.15) is 0 Å². The lowest BCUT2D eigenvalue weighted by molar-refractivity contribution is -0.121. The first-order valence-corrected chi connectivity index (χ1v) is 10.7. The molecule has 2 aliphatic heterocycles. The molecule has 2 aromatic heterocycles. The van der Waals surface area contributed by atoms with Gasteiger partial charge in [-0.05, 0) is 62.9 Å². The molecule has 0 bridgehead atoms. The molecule has 4 rings (SSSR count). The molecule has 7 heteroatoms. The van der Waals surface area contributed by atoms with Crippen molar-refractivity contribution in [3.05, 3.63) is 47.0 Å². The average Bonchev–Trinajstić information content (AvgIpc) is 2.95. The Balaban J connectivity index is 1.33. The van der Waals surface area contributed by atoms with E-state index in [-0.39, 0.29) is 17.5 Å².